The van der Waals surface area contributed by atoms with Crippen molar-refractivity contribution >= 4 is 17.9 Å². The minimum atomic E-state index is -1.00. The molecule has 0 bridgehead atoms. The fourth-order valence-corrected chi connectivity index (χ4v) is 1.13. The van der Waals surface area contributed by atoms with Gasteiger partial charge in [0.2, 0.25) is 0 Å². The third-order valence-electron chi connectivity index (χ3n) is 2.19. The number of aromatic carboxylic acids is 1. The van der Waals surface area contributed by atoms with Crippen molar-refractivity contribution in [3.05, 3.63) is 30.1 Å². The maximum atomic E-state index is 10.2. The Balaban J connectivity index is 0.000000394. The first-order valence-electron chi connectivity index (χ1n) is 6.01. The van der Waals surface area contributed by atoms with E-state index in [1.54, 1.807) is 6.07 Å². The molecule has 0 spiro atoms. The van der Waals surface area contributed by atoms with Gasteiger partial charge in [-0.3, -0.25) is 14.8 Å². The van der Waals surface area contributed by atoms with Crippen molar-refractivity contribution in [1.29, 1.82) is 0 Å². The molecule has 0 aromatic carbocycles. The van der Waals surface area contributed by atoms with Crippen LogP contribution in [-0.4, -0.2) is 45.7 Å². The Morgan fingerprint density at radius 2 is 2.00 bits per heavy atom. The molecule has 0 saturated carbocycles. The van der Waals surface area contributed by atoms with Crippen LogP contribution in [0.3, 0.4) is 0 Å². The van der Waals surface area contributed by atoms with Crippen molar-refractivity contribution < 1.29 is 19.8 Å². The van der Waals surface area contributed by atoms with E-state index >= 15 is 0 Å². The number of aliphatic carboxylic acids is 1. The number of hydrogen-bond acceptors (Lipinski definition) is 5. The molecular weight excluding hydrogens is 278 g/mol. The van der Waals surface area contributed by atoms with E-state index in [-0.39, 0.29) is 11.5 Å². The molecule has 0 aliphatic heterocycles. The van der Waals surface area contributed by atoms with Crippen LogP contribution >= 0.6 is 0 Å². The number of carboxylic acids is 2. The van der Waals surface area contributed by atoms with Crippen LogP contribution in [-0.2, 0) is 4.79 Å². The Bertz CT molecular complexity index is 474. The average molecular weight is 297 g/mol. The fourth-order valence-electron chi connectivity index (χ4n) is 1.13. The fraction of sp³-hybridized carbons (Fsp3) is 0.333. The monoisotopic (exact) mass is 297 g/mol. The van der Waals surface area contributed by atoms with Crippen LogP contribution in [0.2, 0.25) is 0 Å². The predicted octanol–water partition coefficient (Wildman–Crippen LogP) is -0.768. The van der Waals surface area contributed by atoms with Gasteiger partial charge in [0.1, 0.15) is 6.04 Å². The van der Waals surface area contributed by atoms with Crippen LogP contribution in [0, 0.1) is 0 Å². The molecule has 8 N–H and O–H groups in total. The molecule has 0 amide bonds. The molecule has 9 nitrogen and oxygen atoms in total. The zero-order chi connectivity index (χ0) is 16.3. The SMILES string of the molecule is NC(N)=NCCCC(N)C(=O)O.O=C(O)c1cccnc1. The highest BCUT2D eigenvalue weighted by Gasteiger charge is 2.09. The summed E-state index contributed by atoms with van der Waals surface area (Å²) in [6.45, 7) is 0.420. The molecule has 0 aliphatic rings. The number of guanidine groups is 1. The van der Waals surface area contributed by atoms with E-state index in [0.29, 0.717) is 19.4 Å². The first-order valence-corrected chi connectivity index (χ1v) is 6.01. The second-order valence-corrected chi connectivity index (χ2v) is 3.94. The smallest absolute Gasteiger partial charge is 0.337 e. The summed E-state index contributed by atoms with van der Waals surface area (Å²) in [5.74, 6) is -1.93. The first kappa shape index (κ1) is 18.3. The minimum Gasteiger partial charge on any atom is -0.480 e. The minimum absolute atomic E-state index is 0.0129. The molecule has 1 unspecified atom stereocenters. The molecule has 1 aromatic heterocycles. The summed E-state index contributed by atoms with van der Waals surface area (Å²) in [7, 11) is 0. The molecule has 1 heterocycles. The van der Waals surface area contributed by atoms with Crippen LogP contribution in [0.5, 0.6) is 0 Å². The summed E-state index contributed by atoms with van der Waals surface area (Å²) in [4.78, 5) is 27.7. The van der Waals surface area contributed by atoms with Gasteiger partial charge in [-0.15, -0.1) is 0 Å². The van der Waals surface area contributed by atoms with Crippen molar-refractivity contribution in [2.75, 3.05) is 6.54 Å². The van der Waals surface area contributed by atoms with Crippen molar-refractivity contribution in [3.63, 3.8) is 0 Å². The summed E-state index contributed by atoms with van der Waals surface area (Å²) >= 11 is 0. The van der Waals surface area contributed by atoms with E-state index in [9.17, 15) is 9.59 Å². The van der Waals surface area contributed by atoms with E-state index in [1.165, 1.54) is 18.5 Å². The van der Waals surface area contributed by atoms with Gasteiger partial charge in [0.15, 0.2) is 5.96 Å². The number of nitrogens with two attached hydrogens (primary N) is 3. The highest BCUT2D eigenvalue weighted by molar-refractivity contribution is 5.86. The summed E-state index contributed by atoms with van der Waals surface area (Å²) in [5, 5.41) is 16.7. The van der Waals surface area contributed by atoms with Crippen LogP contribution in [0.1, 0.15) is 23.2 Å². The molecule has 0 fully saturated rings. The van der Waals surface area contributed by atoms with Crippen LogP contribution < -0.4 is 17.2 Å². The third-order valence-corrected chi connectivity index (χ3v) is 2.19. The molecule has 0 aliphatic carbocycles. The third kappa shape index (κ3) is 9.85. The van der Waals surface area contributed by atoms with Gasteiger partial charge in [-0.05, 0) is 25.0 Å². The van der Waals surface area contributed by atoms with Crippen LogP contribution in [0.15, 0.2) is 29.5 Å². The average Bonchev–Trinajstić information content (AvgIpc) is 2.44. The molecule has 1 atom stereocenters. The maximum absolute atomic E-state index is 10.2. The van der Waals surface area contributed by atoms with Gasteiger partial charge in [0.25, 0.3) is 0 Å². The number of hydrogen-bond donors (Lipinski definition) is 5. The maximum Gasteiger partial charge on any atom is 0.337 e. The summed E-state index contributed by atoms with van der Waals surface area (Å²) in [5.41, 5.74) is 15.5. The van der Waals surface area contributed by atoms with Gasteiger partial charge in [-0.2, -0.15) is 0 Å². The van der Waals surface area contributed by atoms with Crippen molar-refractivity contribution in [2.45, 2.75) is 18.9 Å². The van der Waals surface area contributed by atoms with E-state index in [0.717, 1.165) is 0 Å². The van der Waals surface area contributed by atoms with Gasteiger partial charge < -0.3 is 27.4 Å². The molecule has 21 heavy (non-hydrogen) atoms. The number of carboxylic acid groups (broad SMARTS) is 2. The lowest BCUT2D eigenvalue weighted by molar-refractivity contribution is -0.138. The number of rotatable bonds is 6. The molecule has 0 radical (unpaired) electrons. The molecule has 9 heteroatoms. The quantitative estimate of drug-likeness (QED) is 0.258. The zero-order valence-electron chi connectivity index (χ0n) is 11.3. The van der Waals surface area contributed by atoms with Crippen molar-refractivity contribution in [2.24, 2.45) is 22.2 Å². The zero-order valence-corrected chi connectivity index (χ0v) is 11.3. The molecular formula is C12H19N5O4. The lowest BCUT2D eigenvalue weighted by atomic mass is 10.2. The Morgan fingerprint density at radius 1 is 1.33 bits per heavy atom. The number of aromatic nitrogens is 1. The van der Waals surface area contributed by atoms with Gasteiger partial charge in [-0.25, -0.2) is 4.79 Å². The molecule has 1 aromatic rings. The molecule has 116 valence electrons. The Hall–Kier alpha value is -2.68. The number of aliphatic imine (C=N–C) groups is 1. The summed E-state index contributed by atoms with van der Waals surface area (Å²) in [6.07, 6.45) is 3.80. The highest BCUT2D eigenvalue weighted by Crippen LogP contribution is 1.94. The Morgan fingerprint density at radius 3 is 2.38 bits per heavy atom. The first-order chi connectivity index (χ1) is 9.84. The van der Waals surface area contributed by atoms with Gasteiger partial charge in [0, 0.05) is 18.9 Å². The second-order valence-electron chi connectivity index (χ2n) is 3.94. The second kappa shape index (κ2) is 10.1. The normalized spacial score (nSPS) is 10.7. The lowest BCUT2D eigenvalue weighted by Crippen LogP contribution is -2.30. The topological polar surface area (TPSA) is 178 Å². The Kier molecular flexibility index (Phi) is 8.85. The Labute approximate surface area is 121 Å². The number of carbonyl (C=O) groups is 2. The van der Waals surface area contributed by atoms with Gasteiger partial charge in [0.05, 0.1) is 5.56 Å². The largest absolute Gasteiger partial charge is 0.480 e. The van der Waals surface area contributed by atoms with Gasteiger partial charge >= 0.3 is 11.9 Å². The standard InChI is InChI=1S/C6H14N4O2.C6H5NO2/c7-4(5(11)12)2-1-3-10-6(8)9;8-6(9)5-2-1-3-7-4-5/h4H,1-3,7H2,(H,11,12)(H4,8,9,10);1-4H,(H,8,9). The number of nitrogens with zero attached hydrogens (tertiary/aromatic N) is 2. The summed E-state index contributed by atoms with van der Waals surface area (Å²) < 4.78 is 0. The van der Waals surface area contributed by atoms with E-state index < -0.39 is 18.0 Å². The van der Waals surface area contributed by atoms with E-state index in [4.69, 9.17) is 27.4 Å². The van der Waals surface area contributed by atoms with E-state index in [2.05, 4.69) is 9.98 Å². The van der Waals surface area contributed by atoms with Gasteiger partial charge in [-0.1, -0.05) is 0 Å². The predicted molar refractivity (Wildman–Crippen MR) is 76.7 cm³/mol. The molecule has 1 rings (SSSR count). The number of pyridine rings is 1. The van der Waals surface area contributed by atoms with Crippen molar-refractivity contribution in [3.8, 4) is 0 Å². The highest BCUT2D eigenvalue weighted by atomic mass is 16.4. The molecule has 0 saturated heterocycles. The van der Waals surface area contributed by atoms with Crippen molar-refractivity contribution in [1.82, 2.24) is 4.98 Å². The lowest BCUT2D eigenvalue weighted by Gasteiger charge is -2.03. The summed E-state index contributed by atoms with van der Waals surface area (Å²) in [6, 6.07) is 2.26. The van der Waals surface area contributed by atoms with Crippen LogP contribution in [0.4, 0.5) is 0 Å². The van der Waals surface area contributed by atoms with E-state index in [1.807, 2.05) is 0 Å². The van der Waals surface area contributed by atoms with Crippen LogP contribution in [0.25, 0.3) is 0 Å².